The van der Waals surface area contributed by atoms with Crippen molar-refractivity contribution in [2.45, 2.75) is 26.1 Å². The second kappa shape index (κ2) is 5.67. The van der Waals surface area contributed by atoms with Crippen LogP contribution in [0.1, 0.15) is 18.2 Å². The van der Waals surface area contributed by atoms with E-state index in [1.807, 2.05) is 7.05 Å². The van der Waals surface area contributed by atoms with Gasteiger partial charge in [-0.1, -0.05) is 0 Å². The third-order valence-electron chi connectivity index (χ3n) is 3.61. The fourth-order valence-electron chi connectivity index (χ4n) is 2.33. The van der Waals surface area contributed by atoms with Gasteiger partial charge in [0.2, 0.25) is 0 Å². The van der Waals surface area contributed by atoms with Crippen molar-refractivity contribution in [1.29, 1.82) is 0 Å². The van der Waals surface area contributed by atoms with Crippen LogP contribution in [0.2, 0.25) is 0 Å². The third kappa shape index (κ3) is 3.09. The molecular weight excluding hydrogens is 214 g/mol. The Labute approximate surface area is 104 Å². The van der Waals surface area contributed by atoms with Crippen LogP contribution in [-0.4, -0.2) is 49.6 Å². The van der Waals surface area contributed by atoms with E-state index < -0.39 is 0 Å². The van der Waals surface area contributed by atoms with Crippen molar-refractivity contribution >= 4 is 0 Å². The number of furan rings is 1. The number of nitrogens with zero attached hydrogens (tertiary/aromatic N) is 2. The molecule has 0 aromatic carbocycles. The zero-order valence-corrected chi connectivity index (χ0v) is 11.1. The van der Waals surface area contributed by atoms with Crippen LogP contribution in [0.5, 0.6) is 0 Å². The molecule has 0 spiro atoms. The van der Waals surface area contributed by atoms with E-state index in [1.165, 1.54) is 5.56 Å². The molecule has 0 saturated carbocycles. The molecule has 17 heavy (non-hydrogen) atoms. The molecule has 96 valence electrons. The lowest BCUT2D eigenvalue weighted by molar-refractivity contribution is 0.0995. The monoisotopic (exact) mass is 237 g/mol. The van der Waals surface area contributed by atoms with E-state index in [0.717, 1.165) is 38.5 Å². The lowest BCUT2D eigenvalue weighted by Crippen LogP contribution is -2.49. The number of rotatable bonds is 4. The highest BCUT2D eigenvalue weighted by molar-refractivity contribution is 5.17. The highest BCUT2D eigenvalue weighted by atomic mass is 16.3. The van der Waals surface area contributed by atoms with Crippen LogP contribution in [-0.2, 0) is 13.1 Å². The average molecular weight is 237 g/mol. The Kier molecular flexibility index (Phi) is 4.20. The fraction of sp³-hybridized carbons (Fsp3) is 0.692. The van der Waals surface area contributed by atoms with Gasteiger partial charge in [-0.05, 0) is 27.1 Å². The summed E-state index contributed by atoms with van der Waals surface area (Å²) in [4.78, 5) is 4.93. The lowest BCUT2D eigenvalue weighted by Gasteiger charge is -2.37. The zero-order valence-electron chi connectivity index (χ0n) is 11.1. The van der Waals surface area contributed by atoms with Crippen LogP contribution in [0, 0.1) is 0 Å². The molecule has 0 radical (unpaired) electrons. The first-order valence-corrected chi connectivity index (χ1v) is 6.33. The molecule has 1 aromatic rings. The summed E-state index contributed by atoms with van der Waals surface area (Å²) < 4.78 is 5.49. The van der Waals surface area contributed by atoms with Gasteiger partial charge in [-0.25, -0.2) is 0 Å². The maximum Gasteiger partial charge on any atom is 0.122 e. The van der Waals surface area contributed by atoms with E-state index in [9.17, 15) is 0 Å². The Morgan fingerprint density at radius 3 is 3.00 bits per heavy atom. The molecule has 0 amide bonds. The predicted molar refractivity (Wildman–Crippen MR) is 68.8 cm³/mol. The van der Waals surface area contributed by atoms with Gasteiger partial charge in [0.05, 0.1) is 12.8 Å². The van der Waals surface area contributed by atoms with Crippen LogP contribution >= 0.6 is 0 Å². The maximum atomic E-state index is 5.49. The Hall–Kier alpha value is -0.840. The number of likely N-dealkylation sites (N-methyl/N-ethyl adjacent to an activating group) is 1. The van der Waals surface area contributed by atoms with Gasteiger partial charge < -0.3 is 14.6 Å². The maximum absolute atomic E-state index is 5.49. The number of hydrogen-bond donors (Lipinski definition) is 1. The van der Waals surface area contributed by atoms with E-state index in [2.05, 4.69) is 35.2 Å². The van der Waals surface area contributed by atoms with Gasteiger partial charge in [0, 0.05) is 37.8 Å². The van der Waals surface area contributed by atoms with Crippen LogP contribution in [0.4, 0.5) is 0 Å². The quantitative estimate of drug-likeness (QED) is 0.851. The molecule has 1 unspecified atom stereocenters. The highest BCUT2D eigenvalue weighted by Gasteiger charge is 2.21. The molecule has 4 nitrogen and oxygen atoms in total. The van der Waals surface area contributed by atoms with Crippen molar-refractivity contribution in [3.05, 3.63) is 23.7 Å². The molecule has 1 fully saturated rings. The van der Waals surface area contributed by atoms with E-state index in [0.29, 0.717) is 6.04 Å². The van der Waals surface area contributed by atoms with Gasteiger partial charge in [-0.2, -0.15) is 0 Å². The number of hydrogen-bond acceptors (Lipinski definition) is 4. The molecule has 1 aliphatic rings. The largest absolute Gasteiger partial charge is 0.468 e. The predicted octanol–water partition coefficient (Wildman–Crippen LogP) is 1.13. The molecule has 2 heterocycles. The SMILES string of the molecule is CNCc1occc1CN1CCN(C)C(C)C1. The summed E-state index contributed by atoms with van der Waals surface area (Å²) >= 11 is 0. The molecule has 1 saturated heterocycles. The molecule has 0 aliphatic carbocycles. The fourth-order valence-corrected chi connectivity index (χ4v) is 2.33. The lowest BCUT2D eigenvalue weighted by atomic mass is 10.1. The van der Waals surface area contributed by atoms with Crippen molar-refractivity contribution in [2.24, 2.45) is 0 Å². The van der Waals surface area contributed by atoms with Crippen LogP contribution in [0.3, 0.4) is 0 Å². The molecule has 0 bridgehead atoms. The minimum Gasteiger partial charge on any atom is -0.468 e. The molecule has 1 aliphatic heterocycles. The standard InChI is InChI=1S/C13H23N3O/c1-11-9-16(6-5-15(11)3)10-12-4-7-17-13(12)8-14-2/h4,7,11,14H,5-6,8-10H2,1-3H3. The summed E-state index contributed by atoms with van der Waals surface area (Å²) in [5, 5.41) is 3.14. The smallest absolute Gasteiger partial charge is 0.122 e. The Balaban J connectivity index is 1.94. The van der Waals surface area contributed by atoms with Crippen molar-refractivity contribution in [1.82, 2.24) is 15.1 Å². The minimum absolute atomic E-state index is 0.642. The first-order valence-electron chi connectivity index (χ1n) is 6.33. The first-order chi connectivity index (χ1) is 8.20. The Morgan fingerprint density at radius 2 is 2.29 bits per heavy atom. The minimum atomic E-state index is 0.642. The van der Waals surface area contributed by atoms with Crippen molar-refractivity contribution < 1.29 is 4.42 Å². The summed E-state index contributed by atoms with van der Waals surface area (Å²) in [6, 6.07) is 2.73. The van der Waals surface area contributed by atoms with Crippen molar-refractivity contribution in [3.8, 4) is 0 Å². The van der Waals surface area contributed by atoms with E-state index in [1.54, 1.807) is 6.26 Å². The summed E-state index contributed by atoms with van der Waals surface area (Å²) in [5.41, 5.74) is 1.32. The summed E-state index contributed by atoms with van der Waals surface area (Å²) in [7, 11) is 4.15. The molecule has 4 heteroatoms. The van der Waals surface area contributed by atoms with Gasteiger partial charge in [0.25, 0.3) is 0 Å². The summed E-state index contributed by atoms with van der Waals surface area (Å²) in [6.45, 7) is 7.54. The highest BCUT2D eigenvalue weighted by Crippen LogP contribution is 2.16. The second-order valence-electron chi connectivity index (χ2n) is 4.96. The first kappa shape index (κ1) is 12.6. The van der Waals surface area contributed by atoms with Crippen LogP contribution < -0.4 is 5.32 Å². The van der Waals surface area contributed by atoms with Crippen LogP contribution in [0.25, 0.3) is 0 Å². The molecular formula is C13H23N3O. The Bertz CT molecular complexity index is 350. The molecule has 1 aromatic heterocycles. The topological polar surface area (TPSA) is 31.7 Å². The van der Waals surface area contributed by atoms with Gasteiger partial charge >= 0.3 is 0 Å². The normalized spacial score (nSPS) is 23.1. The average Bonchev–Trinajstić information content (AvgIpc) is 2.72. The Morgan fingerprint density at radius 1 is 1.47 bits per heavy atom. The van der Waals surface area contributed by atoms with Crippen molar-refractivity contribution in [3.63, 3.8) is 0 Å². The molecule has 1 atom stereocenters. The second-order valence-corrected chi connectivity index (χ2v) is 4.96. The van der Waals surface area contributed by atoms with Gasteiger partial charge in [-0.15, -0.1) is 0 Å². The summed E-state index contributed by atoms with van der Waals surface area (Å²) in [6.07, 6.45) is 1.79. The van der Waals surface area contributed by atoms with E-state index >= 15 is 0 Å². The van der Waals surface area contributed by atoms with Crippen molar-refractivity contribution in [2.75, 3.05) is 33.7 Å². The number of piperazine rings is 1. The van der Waals surface area contributed by atoms with Gasteiger partial charge in [0.15, 0.2) is 0 Å². The van der Waals surface area contributed by atoms with Gasteiger partial charge in [0.1, 0.15) is 5.76 Å². The van der Waals surface area contributed by atoms with E-state index in [-0.39, 0.29) is 0 Å². The van der Waals surface area contributed by atoms with Crippen LogP contribution in [0.15, 0.2) is 16.7 Å². The molecule has 1 N–H and O–H groups in total. The third-order valence-corrected chi connectivity index (χ3v) is 3.61. The zero-order chi connectivity index (χ0) is 12.3. The molecule has 2 rings (SSSR count). The summed E-state index contributed by atoms with van der Waals surface area (Å²) in [5.74, 6) is 1.07. The van der Waals surface area contributed by atoms with Gasteiger partial charge in [-0.3, -0.25) is 4.90 Å². The number of nitrogens with one attached hydrogen (secondary N) is 1. The van der Waals surface area contributed by atoms with E-state index in [4.69, 9.17) is 4.42 Å².